The van der Waals surface area contributed by atoms with Gasteiger partial charge in [-0.3, -0.25) is 0 Å². The van der Waals surface area contributed by atoms with Crippen LogP contribution in [0.4, 0.5) is 11.4 Å². The summed E-state index contributed by atoms with van der Waals surface area (Å²) < 4.78 is 11.0. The van der Waals surface area contributed by atoms with E-state index in [1.165, 1.54) is 16.8 Å². The third kappa shape index (κ3) is 2.27. The van der Waals surface area contributed by atoms with Gasteiger partial charge >= 0.3 is 0 Å². The summed E-state index contributed by atoms with van der Waals surface area (Å²) in [6, 6.07) is 12.8. The van der Waals surface area contributed by atoms with Crippen LogP contribution in [0.2, 0.25) is 0 Å². The third-order valence-corrected chi connectivity index (χ3v) is 3.98. The molecule has 0 atom stereocenters. The number of aryl methyl sites for hydroxylation is 1. The first-order chi connectivity index (χ1) is 10.3. The van der Waals surface area contributed by atoms with Crippen LogP contribution in [0.1, 0.15) is 11.1 Å². The molecule has 2 aromatic carbocycles. The van der Waals surface area contributed by atoms with Gasteiger partial charge in [0.25, 0.3) is 0 Å². The van der Waals surface area contributed by atoms with Gasteiger partial charge in [-0.05, 0) is 12.5 Å². The molecule has 21 heavy (non-hydrogen) atoms. The van der Waals surface area contributed by atoms with Crippen molar-refractivity contribution in [3.05, 3.63) is 47.5 Å². The van der Waals surface area contributed by atoms with Gasteiger partial charge in [-0.1, -0.05) is 29.8 Å². The normalized spacial score (nSPS) is 15.6. The number of benzene rings is 2. The van der Waals surface area contributed by atoms with Crippen LogP contribution >= 0.6 is 0 Å². The van der Waals surface area contributed by atoms with Crippen molar-refractivity contribution in [1.29, 1.82) is 0 Å². The molecule has 0 amide bonds. The zero-order chi connectivity index (χ0) is 14.2. The highest BCUT2D eigenvalue weighted by molar-refractivity contribution is 5.77. The molecule has 0 fully saturated rings. The second-order valence-corrected chi connectivity index (χ2v) is 5.56. The van der Waals surface area contributed by atoms with E-state index in [1.807, 2.05) is 6.07 Å². The van der Waals surface area contributed by atoms with Crippen molar-refractivity contribution in [3.63, 3.8) is 0 Å². The van der Waals surface area contributed by atoms with E-state index in [0.29, 0.717) is 6.79 Å². The Morgan fingerprint density at radius 2 is 2.00 bits per heavy atom. The second kappa shape index (κ2) is 4.88. The van der Waals surface area contributed by atoms with E-state index in [4.69, 9.17) is 9.47 Å². The highest BCUT2D eigenvalue weighted by atomic mass is 16.7. The minimum absolute atomic E-state index is 0.316. The lowest BCUT2D eigenvalue weighted by Crippen LogP contribution is -2.33. The van der Waals surface area contributed by atoms with Crippen molar-refractivity contribution in [1.82, 2.24) is 0 Å². The van der Waals surface area contributed by atoms with Crippen LogP contribution in [0.5, 0.6) is 11.5 Å². The van der Waals surface area contributed by atoms with Gasteiger partial charge in [0.05, 0.1) is 11.4 Å². The third-order valence-electron chi connectivity index (χ3n) is 3.98. The highest BCUT2D eigenvalue weighted by Crippen LogP contribution is 2.42. The Hall–Kier alpha value is -2.36. The molecule has 108 valence electrons. The summed E-state index contributed by atoms with van der Waals surface area (Å²) in [5.74, 6) is 1.67. The summed E-state index contributed by atoms with van der Waals surface area (Å²) in [5, 5.41) is 3.44. The molecule has 0 saturated heterocycles. The highest BCUT2D eigenvalue weighted by Gasteiger charge is 2.23. The molecule has 0 aliphatic carbocycles. The van der Waals surface area contributed by atoms with Crippen LogP contribution in [0.15, 0.2) is 36.4 Å². The molecular formula is C17H18N2O2. The van der Waals surface area contributed by atoms with Crippen LogP contribution in [-0.2, 0) is 6.54 Å². The number of nitrogens with one attached hydrogen (secondary N) is 1. The fourth-order valence-electron chi connectivity index (χ4n) is 2.98. The molecule has 0 saturated carbocycles. The Bertz CT molecular complexity index is 684. The maximum atomic E-state index is 5.51. The zero-order valence-corrected chi connectivity index (χ0v) is 12.1. The minimum atomic E-state index is 0.316. The fraction of sp³-hybridized carbons (Fsp3) is 0.294. The summed E-state index contributed by atoms with van der Waals surface area (Å²) in [4.78, 5) is 2.39. The van der Waals surface area contributed by atoms with E-state index in [9.17, 15) is 0 Å². The lowest BCUT2D eigenvalue weighted by atomic mass is 10.1. The lowest BCUT2D eigenvalue weighted by Gasteiger charge is -2.32. The standard InChI is InChI=1S/C17H18N2O2/c1-12-3-2-4-13(7-12)10-19-6-5-18-14-8-16-17(9-15(14)19)21-11-20-16/h2-4,7-9,18H,5-6,10-11H2,1H3. The number of hydrogen-bond acceptors (Lipinski definition) is 4. The molecule has 2 aromatic rings. The summed E-state index contributed by atoms with van der Waals surface area (Å²) >= 11 is 0. The lowest BCUT2D eigenvalue weighted by molar-refractivity contribution is 0.174. The number of fused-ring (bicyclic) bond motifs is 2. The molecule has 4 heteroatoms. The monoisotopic (exact) mass is 282 g/mol. The molecule has 1 N–H and O–H groups in total. The second-order valence-electron chi connectivity index (χ2n) is 5.56. The van der Waals surface area contributed by atoms with E-state index in [0.717, 1.165) is 36.8 Å². The first kappa shape index (κ1) is 12.4. The average Bonchev–Trinajstić information content (AvgIpc) is 2.93. The quantitative estimate of drug-likeness (QED) is 0.917. The maximum absolute atomic E-state index is 5.51. The molecule has 0 aromatic heterocycles. The van der Waals surface area contributed by atoms with Gasteiger partial charge in [-0.25, -0.2) is 0 Å². The van der Waals surface area contributed by atoms with Crippen LogP contribution in [-0.4, -0.2) is 19.9 Å². The fourth-order valence-corrected chi connectivity index (χ4v) is 2.98. The summed E-state index contributed by atoms with van der Waals surface area (Å²) in [7, 11) is 0. The number of hydrogen-bond donors (Lipinski definition) is 1. The van der Waals surface area contributed by atoms with Crippen molar-refractivity contribution in [2.75, 3.05) is 30.1 Å². The molecule has 0 unspecified atom stereocenters. The smallest absolute Gasteiger partial charge is 0.231 e. The van der Waals surface area contributed by atoms with Gasteiger partial charge in [0.2, 0.25) is 6.79 Å². The molecule has 0 bridgehead atoms. The Kier molecular flexibility index (Phi) is 2.88. The molecule has 2 aliphatic heterocycles. The molecule has 0 radical (unpaired) electrons. The first-order valence-corrected chi connectivity index (χ1v) is 7.27. The number of ether oxygens (including phenoxy) is 2. The number of nitrogens with zero attached hydrogens (tertiary/aromatic N) is 1. The maximum Gasteiger partial charge on any atom is 0.231 e. The molecule has 2 aliphatic rings. The zero-order valence-electron chi connectivity index (χ0n) is 12.1. The molecule has 4 nitrogen and oxygen atoms in total. The molecule has 2 heterocycles. The number of anilines is 2. The predicted octanol–water partition coefficient (Wildman–Crippen LogP) is 3.16. The van der Waals surface area contributed by atoms with Gasteiger partial charge in [-0.15, -0.1) is 0 Å². The van der Waals surface area contributed by atoms with Gasteiger partial charge in [0, 0.05) is 31.8 Å². The van der Waals surface area contributed by atoms with E-state index in [2.05, 4.69) is 47.5 Å². The van der Waals surface area contributed by atoms with Crippen molar-refractivity contribution >= 4 is 11.4 Å². The van der Waals surface area contributed by atoms with Gasteiger partial charge in [-0.2, -0.15) is 0 Å². The Labute approximate surface area is 124 Å². The van der Waals surface area contributed by atoms with Gasteiger partial charge in [0.15, 0.2) is 11.5 Å². The Morgan fingerprint density at radius 1 is 1.14 bits per heavy atom. The van der Waals surface area contributed by atoms with Crippen LogP contribution in [0.3, 0.4) is 0 Å². The minimum Gasteiger partial charge on any atom is -0.454 e. The van der Waals surface area contributed by atoms with E-state index >= 15 is 0 Å². The van der Waals surface area contributed by atoms with Crippen LogP contribution in [0, 0.1) is 6.92 Å². The van der Waals surface area contributed by atoms with E-state index in [-0.39, 0.29) is 0 Å². The SMILES string of the molecule is Cc1cccc(CN2CCNc3cc4c(cc32)OCO4)c1. The molecule has 4 rings (SSSR count). The Balaban J connectivity index is 1.67. The first-order valence-electron chi connectivity index (χ1n) is 7.27. The van der Waals surface area contributed by atoms with Gasteiger partial charge < -0.3 is 19.7 Å². The molecular weight excluding hydrogens is 264 g/mol. The van der Waals surface area contributed by atoms with Crippen LogP contribution in [0.25, 0.3) is 0 Å². The van der Waals surface area contributed by atoms with Crippen molar-refractivity contribution in [2.45, 2.75) is 13.5 Å². The van der Waals surface area contributed by atoms with E-state index in [1.54, 1.807) is 0 Å². The summed E-state index contributed by atoms with van der Waals surface area (Å²) in [6.45, 7) is 5.29. The Morgan fingerprint density at radius 3 is 2.86 bits per heavy atom. The average molecular weight is 282 g/mol. The van der Waals surface area contributed by atoms with E-state index < -0.39 is 0 Å². The predicted molar refractivity (Wildman–Crippen MR) is 83.3 cm³/mol. The largest absolute Gasteiger partial charge is 0.454 e. The summed E-state index contributed by atoms with van der Waals surface area (Å²) in [6.07, 6.45) is 0. The van der Waals surface area contributed by atoms with Gasteiger partial charge in [0.1, 0.15) is 0 Å². The van der Waals surface area contributed by atoms with Crippen LogP contribution < -0.4 is 19.7 Å². The van der Waals surface area contributed by atoms with Crippen molar-refractivity contribution < 1.29 is 9.47 Å². The number of rotatable bonds is 2. The van der Waals surface area contributed by atoms with Crippen molar-refractivity contribution in [3.8, 4) is 11.5 Å². The molecule has 0 spiro atoms. The summed E-state index contributed by atoms with van der Waals surface area (Å²) in [5.41, 5.74) is 4.94. The topological polar surface area (TPSA) is 33.7 Å². The van der Waals surface area contributed by atoms with Crippen molar-refractivity contribution in [2.24, 2.45) is 0 Å².